The van der Waals surface area contributed by atoms with Crippen LogP contribution in [0.4, 0.5) is 4.39 Å². The molecule has 5 heteroatoms. The fourth-order valence-electron chi connectivity index (χ4n) is 2.35. The molecule has 134 valence electrons. The Labute approximate surface area is 164 Å². The number of hydrogen-bond donors (Lipinski definition) is 0. The van der Waals surface area contributed by atoms with Gasteiger partial charge in [-0.05, 0) is 70.5 Å². The quantitative estimate of drug-likeness (QED) is 0.228. The third-order valence-corrected chi connectivity index (χ3v) is 4.45. The van der Waals surface area contributed by atoms with Crippen LogP contribution in [0.2, 0.25) is 0 Å². The number of ketones is 1. The van der Waals surface area contributed by atoms with Crippen LogP contribution >= 0.6 is 15.9 Å². The molecule has 0 amide bonds. The monoisotopic (exact) mass is 424 g/mol. The van der Waals surface area contributed by atoms with Crippen molar-refractivity contribution in [3.8, 4) is 5.75 Å². The second kappa shape index (κ2) is 8.56. The lowest BCUT2D eigenvalue weighted by Crippen LogP contribution is -2.09. The molecule has 0 fully saturated rings. The highest BCUT2D eigenvalue weighted by Crippen LogP contribution is 2.20. The topological polar surface area (TPSA) is 43.4 Å². The van der Waals surface area contributed by atoms with Gasteiger partial charge in [0.2, 0.25) is 0 Å². The third-order valence-electron chi connectivity index (χ3n) is 3.76. The molecule has 0 aliphatic carbocycles. The lowest BCUT2D eigenvalue weighted by atomic mass is 10.1. The Morgan fingerprint density at radius 1 is 0.889 bits per heavy atom. The zero-order valence-electron chi connectivity index (χ0n) is 14.1. The van der Waals surface area contributed by atoms with Gasteiger partial charge in [0.15, 0.2) is 5.78 Å². The molecule has 0 spiro atoms. The lowest BCUT2D eigenvalue weighted by molar-refractivity contribution is 0.0733. The summed E-state index contributed by atoms with van der Waals surface area (Å²) in [7, 11) is 0. The minimum Gasteiger partial charge on any atom is -0.423 e. The molecular weight excluding hydrogens is 411 g/mol. The molecule has 0 heterocycles. The van der Waals surface area contributed by atoms with E-state index in [1.807, 2.05) is 0 Å². The first-order valence-corrected chi connectivity index (χ1v) is 8.87. The van der Waals surface area contributed by atoms with Crippen molar-refractivity contribution < 1.29 is 18.7 Å². The number of carbonyl (C=O) groups excluding carboxylic acids is 2. The fourth-order valence-corrected chi connectivity index (χ4v) is 2.79. The zero-order chi connectivity index (χ0) is 19.2. The van der Waals surface area contributed by atoms with E-state index in [1.165, 1.54) is 18.2 Å². The normalized spacial score (nSPS) is 10.7. The van der Waals surface area contributed by atoms with Crippen molar-refractivity contribution in [2.75, 3.05) is 0 Å². The van der Waals surface area contributed by atoms with Gasteiger partial charge in [0.1, 0.15) is 11.6 Å². The highest BCUT2D eigenvalue weighted by atomic mass is 79.9. The van der Waals surface area contributed by atoms with Crippen molar-refractivity contribution in [2.24, 2.45) is 0 Å². The van der Waals surface area contributed by atoms with Crippen molar-refractivity contribution in [1.82, 2.24) is 0 Å². The lowest BCUT2D eigenvalue weighted by Gasteiger charge is -2.06. The van der Waals surface area contributed by atoms with E-state index in [0.717, 1.165) is 0 Å². The summed E-state index contributed by atoms with van der Waals surface area (Å²) < 4.78 is 19.5. The molecule has 0 unspecified atom stereocenters. The highest BCUT2D eigenvalue weighted by molar-refractivity contribution is 9.10. The standard InChI is InChI=1S/C22H14BrFO3/c23-19-7-3-2-6-18(19)22(26)27-17-12-9-16(10-13-17)21(25)14-11-15-5-1-4-8-20(15)24/h1-14H/b14-11+. The fraction of sp³-hybridized carbons (Fsp3) is 0. The van der Waals surface area contributed by atoms with E-state index in [-0.39, 0.29) is 5.78 Å². The predicted octanol–water partition coefficient (Wildman–Crippen LogP) is 5.70. The van der Waals surface area contributed by atoms with Crippen molar-refractivity contribution in [3.05, 3.63) is 106 Å². The van der Waals surface area contributed by atoms with E-state index in [0.29, 0.717) is 26.9 Å². The Balaban J connectivity index is 1.68. The van der Waals surface area contributed by atoms with E-state index in [9.17, 15) is 14.0 Å². The van der Waals surface area contributed by atoms with E-state index >= 15 is 0 Å². The van der Waals surface area contributed by atoms with Crippen LogP contribution in [0.15, 0.2) is 83.3 Å². The van der Waals surface area contributed by atoms with Gasteiger partial charge >= 0.3 is 5.97 Å². The van der Waals surface area contributed by atoms with Gasteiger partial charge < -0.3 is 4.74 Å². The van der Waals surface area contributed by atoms with Crippen LogP contribution in [-0.2, 0) is 0 Å². The van der Waals surface area contributed by atoms with Crippen LogP contribution in [0.25, 0.3) is 6.08 Å². The molecule has 0 aliphatic heterocycles. The molecule has 0 aliphatic rings. The van der Waals surface area contributed by atoms with Crippen LogP contribution in [0.1, 0.15) is 26.3 Å². The number of benzene rings is 3. The third kappa shape index (κ3) is 4.77. The molecule has 0 N–H and O–H groups in total. The van der Waals surface area contributed by atoms with Crippen LogP contribution in [0.5, 0.6) is 5.75 Å². The molecule has 0 saturated carbocycles. The smallest absolute Gasteiger partial charge is 0.344 e. The average Bonchev–Trinajstić information content (AvgIpc) is 2.68. The van der Waals surface area contributed by atoms with Gasteiger partial charge in [-0.1, -0.05) is 30.3 Å². The number of allylic oxidation sites excluding steroid dienone is 1. The molecule has 3 rings (SSSR count). The summed E-state index contributed by atoms with van der Waals surface area (Å²) in [6.07, 6.45) is 2.74. The van der Waals surface area contributed by atoms with Crippen LogP contribution in [-0.4, -0.2) is 11.8 Å². The molecule has 3 nitrogen and oxygen atoms in total. The van der Waals surface area contributed by atoms with Crippen molar-refractivity contribution in [3.63, 3.8) is 0 Å². The number of esters is 1. The van der Waals surface area contributed by atoms with Crippen LogP contribution in [0.3, 0.4) is 0 Å². The minimum atomic E-state index is -0.499. The van der Waals surface area contributed by atoms with Crippen molar-refractivity contribution in [1.29, 1.82) is 0 Å². The molecule has 0 radical (unpaired) electrons. The van der Waals surface area contributed by atoms with Gasteiger partial charge in [0.25, 0.3) is 0 Å². The molecule has 3 aromatic carbocycles. The summed E-state index contributed by atoms with van der Waals surface area (Å²) in [6.45, 7) is 0. The maximum Gasteiger partial charge on any atom is 0.344 e. The molecule has 0 bridgehead atoms. The van der Waals surface area contributed by atoms with Crippen molar-refractivity contribution in [2.45, 2.75) is 0 Å². The van der Waals surface area contributed by atoms with Gasteiger partial charge in [-0.15, -0.1) is 0 Å². The number of hydrogen-bond acceptors (Lipinski definition) is 3. The summed E-state index contributed by atoms with van der Waals surface area (Å²) in [5.74, 6) is -0.843. The maximum absolute atomic E-state index is 13.6. The van der Waals surface area contributed by atoms with Gasteiger partial charge in [0.05, 0.1) is 5.56 Å². The van der Waals surface area contributed by atoms with Gasteiger partial charge in [0, 0.05) is 15.6 Å². The first-order chi connectivity index (χ1) is 13.0. The Hall–Kier alpha value is -3.05. The van der Waals surface area contributed by atoms with Crippen LogP contribution < -0.4 is 4.74 Å². The first kappa shape index (κ1) is 18.7. The van der Waals surface area contributed by atoms with Gasteiger partial charge in [-0.2, -0.15) is 0 Å². The molecule has 27 heavy (non-hydrogen) atoms. The Morgan fingerprint density at radius 2 is 1.56 bits per heavy atom. The molecule has 0 aromatic heterocycles. The first-order valence-electron chi connectivity index (χ1n) is 8.08. The number of halogens is 2. The number of carbonyl (C=O) groups is 2. The second-order valence-corrected chi connectivity index (χ2v) is 6.47. The SMILES string of the molecule is O=C(/C=C/c1ccccc1F)c1ccc(OC(=O)c2ccccc2Br)cc1. The number of rotatable bonds is 5. The summed E-state index contributed by atoms with van der Waals surface area (Å²) >= 11 is 3.30. The Bertz CT molecular complexity index is 1010. The molecule has 0 saturated heterocycles. The van der Waals surface area contributed by atoms with E-state index in [2.05, 4.69) is 15.9 Å². The Morgan fingerprint density at radius 3 is 2.26 bits per heavy atom. The van der Waals surface area contributed by atoms with E-state index in [4.69, 9.17) is 4.74 Å². The maximum atomic E-state index is 13.6. The van der Waals surface area contributed by atoms with Gasteiger partial charge in [-0.3, -0.25) is 4.79 Å². The molecular formula is C22H14BrFO3. The van der Waals surface area contributed by atoms with Crippen LogP contribution in [0, 0.1) is 5.82 Å². The van der Waals surface area contributed by atoms with Crippen molar-refractivity contribution >= 4 is 33.8 Å². The van der Waals surface area contributed by atoms with E-state index in [1.54, 1.807) is 66.7 Å². The summed E-state index contributed by atoms with van der Waals surface area (Å²) in [4.78, 5) is 24.4. The number of ether oxygens (including phenoxy) is 1. The second-order valence-electron chi connectivity index (χ2n) is 5.61. The highest BCUT2D eigenvalue weighted by Gasteiger charge is 2.12. The van der Waals surface area contributed by atoms with Gasteiger partial charge in [-0.25, -0.2) is 9.18 Å². The summed E-state index contributed by atoms with van der Waals surface area (Å²) in [5, 5.41) is 0. The molecule has 0 atom stereocenters. The summed E-state index contributed by atoms with van der Waals surface area (Å²) in [6, 6.07) is 19.3. The zero-order valence-corrected chi connectivity index (χ0v) is 15.6. The largest absolute Gasteiger partial charge is 0.423 e. The van der Waals surface area contributed by atoms with E-state index < -0.39 is 11.8 Å². The Kier molecular flexibility index (Phi) is 5.94. The summed E-state index contributed by atoms with van der Waals surface area (Å²) in [5.41, 5.74) is 1.15. The predicted molar refractivity (Wildman–Crippen MR) is 105 cm³/mol. The molecule has 3 aromatic rings. The minimum absolute atomic E-state index is 0.276. The average molecular weight is 425 g/mol.